The van der Waals surface area contributed by atoms with Gasteiger partial charge in [0.05, 0.1) is 5.69 Å². The van der Waals surface area contributed by atoms with E-state index >= 15 is 0 Å². The molecule has 0 unspecified atom stereocenters. The first-order chi connectivity index (χ1) is 16.4. The van der Waals surface area contributed by atoms with E-state index in [4.69, 9.17) is 11.6 Å². The Bertz CT molecular complexity index is 1400. The molecular weight excluding hydrogens is 452 g/mol. The lowest BCUT2D eigenvalue weighted by molar-refractivity contribution is -0.117. The number of aromatic nitrogens is 2. The van der Waals surface area contributed by atoms with Crippen LogP contribution in [0.15, 0.2) is 89.7 Å². The van der Waals surface area contributed by atoms with Crippen molar-refractivity contribution >= 4 is 34.8 Å². The van der Waals surface area contributed by atoms with E-state index in [2.05, 4.69) is 15.7 Å². The fourth-order valence-electron chi connectivity index (χ4n) is 3.37. The summed E-state index contributed by atoms with van der Waals surface area (Å²) < 4.78 is 1.05. The molecule has 8 heteroatoms. The summed E-state index contributed by atoms with van der Waals surface area (Å²) in [5.74, 6) is -0.874. The molecule has 3 aromatic carbocycles. The van der Waals surface area contributed by atoms with Crippen LogP contribution in [0.4, 0.5) is 11.4 Å². The van der Waals surface area contributed by atoms with E-state index in [-0.39, 0.29) is 12.2 Å². The molecule has 0 saturated carbocycles. The molecule has 1 heterocycles. The Morgan fingerprint density at radius 1 is 0.882 bits per heavy atom. The molecule has 0 radical (unpaired) electrons. The van der Waals surface area contributed by atoms with Gasteiger partial charge < -0.3 is 10.6 Å². The van der Waals surface area contributed by atoms with Crippen molar-refractivity contribution < 1.29 is 9.59 Å². The van der Waals surface area contributed by atoms with Crippen LogP contribution in [-0.2, 0) is 11.3 Å². The van der Waals surface area contributed by atoms with Crippen LogP contribution in [0.25, 0.3) is 11.3 Å². The van der Waals surface area contributed by atoms with Gasteiger partial charge in [0, 0.05) is 21.8 Å². The van der Waals surface area contributed by atoms with Crippen LogP contribution >= 0.6 is 11.6 Å². The van der Waals surface area contributed by atoms with E-state index < -0.39 is 17.4 Å². The minimum Gasteiger partial charge on any atom is -0.324 e. The topological polar surface area (TPSA) is 93.1 Å². The molecule has 2 amide bonds. The fraction of sp³-hybridized carbons (Fsp3) is 0.0769. The molecule has 0 spiro atoms. The number of halogens is 1. The van der Waals surface area contributed by atoms with Gasteiger partial charge in [0.2, 0.25) is 5.91 Å². The largest absolute Gasteiger partial charge is 0.324 e. The molecule has 34 heavy (non-hydrogen) atoms. The average molecular weight is 473 g/mol. The Morgan fingerprint density at radius 3 is 2.24 bits per heavy atom. The van der Waals surface area contributed by atoms with Gasteiger partial charge >= 0.3 is 0 Å². The summed E-state index contributed by atoms with van der Waals surface area (Å²) in [4.78, 5) is 38.5. The molecule has 0 saturated heterocycles. The molecule has 0 aliphatic rings. The Morgan fingerprint density at radius 2 is 1.56 bits per heavy atom. The Kier molecular flexibility index (Phi) is 6.85. The number of nitrogens with zero attached hydrogens (tertiary/aromatic N) is 2. The first-order valence-electron chi connectivity index (χ1n) is 10.5. The lowest BCUT2D eigenvalue weighted by Gasteiger charge is -2.13. The summed E-state index contributed by atoms with van der Waals surface area (Å²) in [5.41, 5.74) is 2.39. The van der Waals surface area contributed by atoms with E-state index in [0.717, 1.165) is 15.8 Å². The Hall–Kier alpha value is -4.23. The van der Waals surface area contributed by atoms with E-state index in [1.807, 2.05) is 37.3 Å². The fourth-order valence-corrected chi connectivity index (χ4v) is 3.59. The zero-order valence-corrected chi connectivity index (χ0v) is 19.0. The minimum absolute atomic E-state index is 0.0261. The predicted molar refractivity (Wildman–Crippen MR) is 133 cm³/mol. The van der Waals surface area contributed by atoms with Crippen LogP contribution in [0, 0.1) is 6.92 Å². The Balaban J connectivity index is 1.66. The molecule has 1 aromatic heterocycles. The van der Waals surface area contributed by atoms with Crippen LogP contribution in [0.5, 0.6) is 0 Å². The maximum Gasteiger partial charge on any atom is 0.291 e. The third kappa shape index (κ3) is 5.39. The first-order valence-corrected chi connectivity index (χ1v) is 10.9. The molecule has 170 valence electrons. The van der Waals surface area contributed by atoms with Gasteiger partial charge in [-0.25, -0.2) is 4.68 Å². The maximum atomic E-state index is 13.1. The van der Waals surface area contributed by atoms with E-state index in [1.54, 1.807) is 48.5 Å². The second-order valence-corrected chi connectivity index (χ2v) is 8.04. The lowest BCUT2D eigenvalue weighted by atomic mass is 10.1. The van der Waals surface area contributed by atoms with Gasteiger partial charge in [0.1, 0.15) is 12.2 Å². The van der Waals surface area contributed by atoms with E-state index in [9.17, 15) is 14.4 Å². The third-order valence-corrected chi connectivity index (χ3v) is 5.32. The quantitative estimate of drug-likeness (QED) is 0.423. The van der Waals surface area contributed by atoms with Crippen molar-refractivity contribution in [1.29, 1.82) is 0 Å². The van der Waals surface area contributed by atoms with Gasteiger partial charge in [0.15, 0.2) is 0 Å². The van der Waals surface area contributed by atoms with Crippen LogP contribution in [0.3, 0.4) is 0 Å². The van der Waals surface area contributed by atoms with Crippen LogP contribution in [-0.4, -0.2) is 21.6 Å². The van der Waals surface area contributed by atoms with Crippen molar-refractivity contribution in [2.24, 2.45) is 0 Å². The minimum atomic E-state index is -0.591. The molecule has 7 nitrogen and oxygen atoms in total. The third-order valence-electron chi connectivity index (χ3n) is 5.08. The number of aryl methyl sites for hydroxylation is 1. The lowest BCUT2D eigenvalue weighted by Crippen LogP contribution is -2.32. The zero-order chi connectivity index (χ0) is 24.1. The van der Waals surface area contributed by atoms with Gasteiger partial charge in [-0.1, -0.05) is 60.1 Å². The zero-order valence-electron chi connectivity index (χ0n) is 18.3. The van der Waals surface area contributed by atoms with Gasteiger partial charge in [-0.05, 0) is 48.9 Å². The molecule has 4 aromatic rings. The molecule has 0 bridgehead atoms. The molecular formula is C26H21ClN4O3. The number of anilines is 2. The summed E-state index contributed by atoms with van der Waals surface area (Å²) >= 11 is 5.98. The number of rotatable bonds is 6. The molecule has 0 atom stereocenters. The number of carbonyl (C=O) groups is 2. The van der Waals surface area contributed by atoms with Crippen molar-refractivity contribution in [3.8, 4) is 11.3 Å². The molecule has 0 aliphatic heterocycles. The van der Waals surface area contributed by atoms with Gasteiger partial charge in [-0.2, -0.15) is 5.10 Å². The molecule has 4 rings (SSSR count). The number of benzene rings is 3. The average Bonchev–Trinajstić information content (AvgIpc) is 2.84. The number of hydrogen-bond acceptors (Lipinski definition) is 4. The molecule has 0 fully saturated rings. The normalized spacial score (nSPS) is 10.5. The SMILES string of the molecule is Cc1cc(Cl)ccc1NC(=O)Cn1nc(-c2ccccc2)cc(NC(=O)c2ccccc2)c1=O. The summed E-state index contributed by atoms with van der Waals surface area (Å²) in [6.07, 6.45) is 0. The summed E-state index contributed by atoms with van der Waals surface area (Å²) in [7, 11) is 0. The van der Waals surface area contributed by atoms with Crippen molar-refractivity contribution in [3.05, 3.63) is 111 Å². The summed E-state index contributed by atoms with van der Waals surface area (Å²) in [5, 5.41) is 10.4. The summed E-state index contributed by atoms with van der Waals surface area (Å²) in [6, 6.07) is 24.4. The van der Waals surface area contributed by atoms with Crippen molar-refractivity contribution in [3.63, 3.8) is 0 Å². The van der Waals surface area contributed by atoms with Crippen molar-refractivity contribution in [1.82, 2.24) is 9.78 Å². The first kappa shape index (κ1) is 22.9. The second kappa shape index (κ2) is 10.1. The van der Waals surface area contributed by atoms with Crippen molar-refractivity contribution in [2.75, 3.05) is 10.6 Å². The van der Waals surface area contributed by atoms with Crippen LogP contribution in [0.2, 0.25) is 5.02 Å². The number of hydrogen-bond donors (Lipinski definition) is 2. The van der Waals surface area contributed by atoms with Crippen LogP contribution < -0.4 is 16.2 Å². The highest BCUT2D eigenvalue weighted by atomic mass is 35.5. The number of nitrogens with one attached hydrogen (secondary N) is 2. The maximum absolute atomic E-state index is 13.1. The standard InChI is InChI=1S/C26H21ClN4O3/c1-17-14-20(27)12-13-21(17)28-24(32)16-31-26(34)23(29-25(33)19-10-6-3-7-11-19)15-22(30-31)18-8-4-2-5-9-18/h2-15H,16H2,1H3,(H,28,32)(H,29,33). The van der Waals surface area contributed by atoms with E-state index in [0.29, 0.717) is 22.0 Å². The van der Waals surface area contributed by atoms with Crippen molar-refractivity contribution in [2.45, 2.75) is 13.5 Å². The number of amides is 2. The summed E-state index contributed by atoms with van der Waals surface area (Å²) in [6.45, 7) is 1.48. The van der Waals surface area contributed by atoms with Gasteiger partial charge in [-0.3, -0.25) is 14.4 Å². The molecule has 2 N–H and O–H groups in total. The Labute approximate surface area is 201 Å². The van der Waals surface area contributed by atoms with E-state index in [1.165, 1.54) is 6.07 Å². The van der Waals surface area contributed by atoms with Gasteiger partial charge in [0.25, 0.3) is 11.5 Å². The number of carbonyl (C=O) groups excluding carboxylic acids is 2. The highest BCUT2D eigenvalue weighted by Crippen LogP contribution is 2.20. The highest BCUT2D eigenvalue weighted by molar-refractivity contribution is 6.30. The molecule has 0 aliphatic carbocycles. The predicted octanol–water partition coefficient (Wildman–Crippen LogP) is 4.76. The second-order valence-electron chi connectivity index (χ2n) is 7.60. The monoisotopic (exact) mass is 472 g/mol. The highest BCUT2D eigenvalue weighted by Gasteiger charge is 2.16. The van der Waals surface area contributed by atoms with Gasteiger partial charge in [-0.15, -0.1) is 0 Å². The smallest absolute Gasteiger partial charge is 0.291 e. The van der Waals surface area contributed by atoms with Crippen LogP contribution in [0.1, 0.15) is 15.9 Å².